The second-order valence-electron chi connectivity index (χ2n) is 6.42. The van der Waals surface area contributed by atoms with Crippen molar-refractivity contribution in [2.75, 3.05) is 6.54 Å². The van der Waals surface area contributed by atoms with E-state index in [4.69, 9.17) is 4.52 Å². The van der Waals surface area contributed by atoms with Gasteiger partial charge in [-0.2, -0.15) is 17.7 Å². The summed E-state index contributed by atoms with van der Waals surface area (Å²) in [6.45, 7) is 0.940. The first-order chi connectivity index (χ1) is 13.7. The van der Waals surface area contributed by atoms with E-state index in [9.17, 15) is 9.50 Å². The zero-order chi connectivity index (χ0) is 19.6. The van der Waals surface area contributed by atoms with Crippen LogP contribution >= 0.6 is 8.81 Å². The van der Waals surface area contributed by atoms with Crippen LogP contribution in [0.2, 0.25) is 0 Å². The number of halogens is 1. The molecule has 3 aromatic rings. The zero-order valence-corrected chi connectivity index (χ0v) is 19.2. The summed E-state index contributed by atoms with van der Waals surface area (Å²) in [5.41, 5.74) is 1.03. The average molecular weight is 588 g/mol. The van der Waals surface area contributed by atoms with Gasteiger partial charge in [0.1, 0.15) is 8.81 Å². The molecule has 29 heavy (non-hydrogen) atoms. The second-order valence-corrected chi connectivity index (χ2v) is 7.40. The molecule has 0 spiro atoms. The van der Waals surface area contributed by atoms with Crippen LogP contribution in [0.15, 0.2) is 72.8 Å². The standard InChI is InChI=1S/C12H11O2P.C11H12FN.Ir/c13-11-8-4-5-9-12(11)14-15-10-6-2-1-3-7-10;12-10-6-4-9(5-7-10)11-3-1-2-8-13-11;/h1-9,13,15H;4,6-7,11H,1-3,8H2;/q;-2;. The minimum Gasteiger partial charge on any atom is -0.657 e. The molecular formula is C23H23FIrNO2P-2. The predicted octanol–water partition coefficient (Wildman–Crippen LogP) is 5.91. The van der Waals surface area contributed by atoms with Crippen LogP contribution in [-0.2, 0) is 20.1 Å². The Labute approximate surface area is 186 Å². The van der Waals surface area contributed by atoms with Gasteiger partial charge in [-0.25, -0.2) is 0 Å². The van der Waals surface area contributed by atoms with Gasteiger partial charge in [0.25, 0.3) is 0 Å². The van der Waals surface area contributed by atoms with Crippen molar-refractivity contribution >= 4 is 14.1 Å². The molecule has 1 fully saturated rings. The number of hydrogen-bond donors (Lipinski definition) is 1. The monoisotopic (exact) mass is 588 g/mol. The summed E-state index contributed by atoms with van der Waals surface area (Å²) in [6.07, 6.45) is 3.50. The number of aromatic hydroxyl groups is 1. The Balaban J connectivity index is 0.000000202. The van der Waals surface area contributed by atoms with Crippen LogP contribution in [0.3, 0.4) is 0 Å². The number of nitrogens with zero attached hydrogens (tertiary/aromatic N) is 1. The fraction of sp³-hybridized carbons (Fsp3) is 0.217. The molecule has 2 unspecified atom stereocenters. The van der Waals surface area contributed by atoms with E-state index in [2.05, 4.69) is 11.4 Å². The van der Waals surface area contributed by atoms with Crippen LogP contribution in [0.1, 0.15) is 30.9 Å². The van der Waals surface area contributed by atoms with Gasteiger partial charge in [0.2, 0.25) is 0 Å². The number of benzene rings is 3. The third-order valence-corrected chi connectivity index (χ3v) is 5.20. The number of rotatable bonds is 4. The smallest absolute Gasteiger partial charge is 0.165 e. The molecule has 1 heterocycles. The molecule has 0 aliphatic carbocycles. The number of piperidine rings is 1. The van der Waals surface area contributed by atoms with Gasteiger partial charge in [0.05, 0.1) is 0 Å². The van der Waals surface area contributed by atoms with Gasteiger partial charge in [0.15, 0.2) is 11.5 Å². The minimum absolute atomic E-state index is 0. The molecule has 4 rings (SSSR count). The molecule has 1 saturated heterocycles. The Hall–Kier alpha value is -1.77. The average Bonchev–Trinajstić information content (AvgIpc) is 2.76. The van der Waals surface area contributed by atoms with Crippen molar-refractivity contribution in [1.29, 1.82) is 0 Å². The van der Waals surface area contributed by atoms with Crippen LogP contribution in [0.4, 0.5) is 4.39 Å². The van der Waals surface area contributed by atoms with Crippen molar-refractivity contribution in [2.45, 2.75) is 25.3 Å². The van der Waals surface area contributed by atoms with E-state index in [1.54, 1.807) is 24.3 Å². The molecule has 6 heteroatoms. The van der Waals surface area contributed by atoms with E-state index < -0.39 is 0 Å². The summed E-state index contributed by atoms with van der Waals surface area (Å²) in [5.74, 6) is 0.486. The number of phenolic OH excluding ortho intramolecular Hbond substituents is 1. The molecule has 1 aliphatic heterocycles. The first kappa shape index (κ1) is 23.5. The Morgan fingerprint density at radius 1 is 1.00 bits per heavy atom. The molecule has 0 amide bonds. The normalized spacial score (nSPS) is 15.8. The molecule has 2 atom stereocenters. The zero-order valence-electron chi connectivity index (χ0n) is 15.8. The van der Waals surface area contributed by atoms with Crippen LogP contribution in [0.5, 0.6) is 11.5 Å². The SMILES string of the molecule is Fc1c[c-]c(C2CCCC[N-]2)cc1.Oc1ccccc1OPc1ccccc1.[Ir]. The second kappa shape index (κ2) is 12.7. The van der Waals surface area contributed by atoms with Crippen LogP contribution in [0.25, 0.3) is 5.32 Å². The fourth-order valence-electron chi connectivity index (χ4n) is 2.83. The Bertz CT molecular complexity index is 843. The number of hydrogen-bond acceptors (Lipinski definition) is 2. The van der Waals surface area contributed by atoms with Crippen molar-refractivity contribution in [1.82, 2.24) is 0 Å². The molecule has 0 aromatic heterocycles. The molecule has 1 radical (unpaired) electrons. The first-order valence-corrected chi connectivity index (χ1v) is 10.2. The van der Waals surface area contributed by atoms with Crippen molar-refractivity contribution in [3.63, 3.8) is 0 Å². The molecule has 3 nitrogen and oxygen atoms in total. The maximum atomic E-state index is 12.6. The molecular weight excluding hydrogens is 564 g/mol. The molecule has 0 bridgehead atoms. The largest absolute Gasteiger partial charge is 0.657 e. The first-order valence-electron chi connectivity index (χ1n) is 9.32. The van der Waals surface area contributed by atoms with Gasteiger partial charge in [-0.05, 0) is 12.1 Å². The minimum atomic E-state index is -0.223. The van der Waals surface area contributed by atoms with E-state index in [0.29, 0.717) is 5.75 Å². The van der Waals surface area contributed by atoms with E-state index >= 15 is 0 Å². The molecule has 155 valence electrons. The summed E-state index contributed by atoms with van der Waals surface area (Å²) < 4.78 is 18.1. The third kappa shape index (κ3) is 7.87. The maximum absolute atomic E-state index is 12.6. The molecule has 3 aromatic carbocycles. The number of para-hydroxylation sites is 2. The van der Waals surface area contributed by atoms with Gasteiger partial charge in [-0.1, -0.05) is 61.7 Å². The summed E-state index contributed by atoms with van der Waals surface area (Å²) in [5, 5.41) is 15.1. The van der Waals surface area contributed by atoms with E-state index in [0.717, 1.165) is 23.8 Å². The Kier molecular flexibility index (Phi) is 10.3. The topological polar surface area (TPSA) is 43.6 Å². The van der Waals surface area contributed by atoms with Crippen LogP contribution < -0.4 is 9.83 Å². The van der Waals surface area contributed by atoms with Gasteiger partial charge >= 0.3 is 0 Å². The third-order valence-electron chi connectivity index (χ3n) is 4.31. The number of phenols is 1. The van der Waals surface area contributed by atoms with Gasteiger partial charge in [-0.15, -0.1) is 24.7 Å². The fourth-order valence-corrected chi connectivity index (χ4v) is 3.56. The molecule has 1 aliphatic rings. The maximum Gasteiger partial charge on any atom is 0.165 e. The summed E-state index contributed by atoms with van der Waals surface area (Å²) >= 11 is 0. The molecule has 1 N–H and O–H groups in total. The summed E-state index contributed by atoms with van der Waals surface area (Å²) in [7, 11) is 0.218. The van der Waals surface area contributed by atoms with E-state index in [1.165, 1.54) is 25.0 Å². The molecule has 0 saturated carbocycles. The van der Waals surface area contributed by atoms with E-state index in [-0.39, 0.29) is 46.5 Å². The van der Waals surface area contributed by atoms with E-state index in [1.807, 2.05) is 36.4 Å². The van der Waals surface area contributed by atoms with Crippen molar-refractivity contribution in [2.24, 2.45) is 0 Å². The van der Waals surface area contributed by atoms with Gasteiger partial charge < -0.3 is 14.9 Å². The van der Waals surface area contributed by atoms with Crippen LogP contribution in [0, 0.1) is 11.9 Å². The van der Waals surface area contributed by atoms with Crippen molar-refractivity contribution in [3.05, 3.63) is 95.6 Å². The Morgan fingerprint density at radius 2 is 1.76 bits per heavy atom. The van der Waals surface area contributed by atoms with Gasteiger partial charge in [-0.3, -0.25) is 4.39 Å². The van der Waals surface area contributed by atoms with Gasteiger partial charge in [0, 0.05) is 31.2 Å². The van der Waals surface area contributed by atoms with Crippen molar-refractivity contribution < 1.29 is 34.1 Å². The summed E-state index contributed by atoms with van der Waals surface area (Å²) in [6, 6.07) is 24.7. The summed E-state index contributed by atoms with van der Waals surface area (Å²) in [4.78, 5) is 0. The quantitative estimate of drug-likeness (QED) is 0.305. The van der Waals surface area contributed by atoms with Crippen molar-refractivity contribution in [3.8, 4) is 11.5 Å². The van der Waals surface area contributed by atoms with Crippen LogP contribution in [-0.4, -0.2) is 11.7 Å². The Morgan fingerprint density at radius 3 is 2.41 bits per heavy atom. The predicted molar refractivity (Wildman–Crippen MR) is 113 cm³/mol.